The number of nitrogens with zero attached hydrogens (tertiary/aromatic N) is 1. The van der Waals surface area contributed by atoms with E-state index in [1.165, 1.54) is 0 Å². The third kappa shape index (κ3) is 4.20. The standard InChI is InChI=1S/C20H18N2O5/c1-13-5-4-6-14(11-13)21-17(23)12-27-18(24)9-10-22-19(25)15-7-2-3-8-16(15)20(22)26/h2-8,11H,9-10,12H2,1H3,(H,21,23). The minimum atomic E-state index is -0.661. The molecule has 0 bridgehead atoms. The number of imide groups is 1. The number of carbonyl (C=O) groups is 4. The van der Waals surface area contributed by atoms with Gasteiger partial charge < -0.3 is 10.1 Å². The predicted octanol–water partition coefficient (Wildman–Crippen LogP) is 2.16. The first-order valence-electron chi connectivity index (χ1n) is 8.43. The fourth-order valence-electron chi connectivity index (χ4n) is 2.78. The highest BCUT2D eigenvalue weighted by atomic mass is 16.5. The van der Waals surface area contributed by atoms with E-state index < -0.39 is 30.3 Å². The summed E-state index contributed by atoms with van der Waals surface area (Å²) in [6, 6.07) is 13.7. The highest BCUT2D eigenvalue weighted by Gasteiger charge is 2.35. The Morgan fingerprint density at radius 2 is 1.67 bits per heavy atom. The summed E-state index contributed by atoms with van der Waals surface area (Å²) in [6.07, 6.45) is -0.177. The van der Waals surface area contributed by atoms with Crippen LogP contribution in [-0.4, -0.2) is 41.7 Å². The minimum Gasteiger partial charge on any atom is -0.456 e. The number of fused-ring (bicyclic) bond motifs is 1. The topological polar surface area (TPSA) is 92.8 Å². The van der Waals surface area contributed by atoms with Crippen molar-refractivity contribution in [2.45, 2.75) is 13.3 Å². The first kappa shape index (κ1) is 18.3. The quantitative estimate of drug-likeness (QED) is 0.625. The van der Waals surface area contributed by atoms with Gasteiger partial charge in [-0.25, -0.2) is 0 Å². The summed E-state index contributed by atoms with van der Waals surface area (Å²) in [7, 11) is 0. The van der Waals surface area contributed by atoms with Gasteiger partial charge in [0, 0.05) is 12.2 Å². The molecule has 0 spiro atoms. The zero-order valence-electron chi connectivity index (χ0n) is 14.7. The molecule has 1 N–H and O–H groups in total. The van der Waals surface area contributed by atoms with Gasteiger partial charge in [0.05, 0.1) is 17.5 Å². The van der Waals surface area contributed by atoms with Gasteiger partial charge >= 0.3 is 5.97 Å². The van der Waals surface area contributed by atoms with E-state index in [9.17, 15) is 19.2 Å². The number of anilines is 1. The Morgan fingerprint density at radius 3 is 2.30 bits per heavy atom. The molecule has 138 valence electrons. The Bertz CT molecular complexity index is 887. The Kier molecular flexibility index (Phi) is 5.30. The first-order chi connectivity index (χ1) is 13.0. The Hall–Kier alpha value is -3.48. The lowest BCUT2D eigenvalue weighted by molar-refractivity contribution is -0.147. The van der Waals surface area contributed by atoms with E-state index >= 15 is 0 Å². The van der Waals surface area contributed by atoms with Crippen molar-refractivity contribution in [2.24, 2.45) is 0 Å². The molecule has 0 unspecified atom stereocenters. The van der Waals surface area contributed by atoms with Crippen molar-refractivity contribution in [1.29, 1.82) is 0 Å². The van der Waals surface area contributed by atoms with Gasteiger partial charge in [0.2, 0.25) is 0 Å². The molecule has 3 rings (SSSR count). The smallest absolute Gasteiger partial charge is 0.308 e. The van der Waals surface area contributed by atoms with E-state index in [1.807, 2.05) is 13.0 Å². The third-order valence-electron chi connectivity index (χ3n) is 4.08. The molecule has 1 heterocycles. The predicted molar refractivity (Wildman–Crippen MR) is 97.2 cm³/mol. The van der Waals surface area contributed by atoms with Crippen molar-refractivity contribution in [1.82, 2.24) is 4.90 Å². The molecule has 2 aromatic carbocycles. The van der Waals surface area contributed by atoms with Gasteiger partial charge in [-0.1, -0.05) is 24.3 Å². The third-order valence-corrected chi connectivity index (χ3v) is 4.08. The molecule has 1 aliphatic rings. The number of rotatable bonds is 6. The monoisotopic (exact) mass is 366 g/mol. The molecule has 1 aliphatic heterocycles. The number of carbonyl (C=O) groups excluding carboxylic acids is 4. The van der Waals surface area contributed by atoms with Crippen molar-refractivity contribution >= 4 is 29.4 Å². The van der Waals surface area contributed by atoms with Gasteiger partial charge in [0.1, 0.15) is 0 Å². The molecule has 0 saturated heterocycles. The van der Waals surface area contributed by atoms with E-state index in [2.05, 4.69) is 5.32 Å². The summed E-state index contributed by atoms with van der Waals surface area (Å²) >= 11 is 0. The molecule has 0 fully saturated rings. The number of hydrogen-bond donors (Lipinski definition) is 1. The normalized spacial score (nSPS) is 12.7. The summed E-state index contributed by atoms with van der Waals surface area (Å²) in [6.45, 7) is 1.37. The molecular weight excluding hydrogens is 348 g/mol. The largest absolute Gasteiger partial charge is 0.456 e. The zero-order valence-corrected chi connectivity index (χ0v) is 14.7. The molecule has 7 nitrogen and oxygen atoms in total. The number of benzene rings is 2. The maximum Gasteiger partial charge on any atom is 0.308 e. The van der Waals surface area contributed by atoms with Gasteiger partial charge in [-0.15, -0.1) is 0 Å². The van der Waals surface area contributed by atoms with Crippen molar-refractivity contribution in [2.75, 3.05) is 18.5 Å². The van der Waals surface area contributed by atoms with Gasteiger partial charge in [-0.2, -0.15) is 0 Å². The van der Waals surface area contributed by atoms with E-state index in [1.54, 1.807) is 42.5 Å². The lowest BCUT2D eigenvalue weighted by Gasteiger charge is -2.13. The van der Waals surface area contributed by atoms with Crippen LogP contribution < -0.4 is 5.32 Å². The molecular formula is C20H18N2O5. The fourth-order valence-corrected chi connectivity index (χ4v) is 2.78. The van der Waals surface area contributed by atoms with Crippen LogP contribution in [0.15, 0.2) is 48.5 Å². The summed E-state index contributed by atoms with van der Waals surface area (Å²) < 4.78 is 4.91. The zero-order chi connectivity index (χ0) is 19.4. The van der Waals surface area contributed by atoms with Crippen LogP contribution in [0.2, 0.25) is 0 Å². The molecule has 3 amide bonds. The Morgan fingerprint density at radius 1 is 1.00 bits per heavy atom. The maximum absolute atomic E-state index is 12.2. The molecule has 0 aliphatic carbocycles. The van der Waals surface area contributed by atoms with E-state index in [0.717, 1.165) is 10.5 Å². The molecule has 0 radical (unpaired) electrons. The summed E-state index contributed by atoms with van der Waals surface area (Å²) in [5.41, 5.74) is 2.26. The van der Waals surface area contributed by atoms with Crippen molar-refractivity contribution in [3.8, 4) is 0 Å². The van der Waals surface area contributed by atoms with Crippen LogP contribution in [0.4, 0.5) is 5.69 Å². The molecule has 7 heteroatoms. The molecule has 0 aromatic heterocycles. The second kappa shape index (κ2) is 7.82. The van der Waals surface area contributed by atoms with Crippen LogP contribution in [0.25, 0.3) is 0 Å². The lowest BCUT2D eigenvalue weighted by Crippen LogP contribution is -2.32. The Balaban J connectivity index is 1.46. The average molecular weight is 366 g/mol. The number of esters is 1. The lowest BCUT2D eigenvalue weighted by atomic mass is 10.1. The number of aryl methyl sites for hydroxylation is 1. The highest BCUT2D eigenvalue weighted by Crippen LogP contribution is 2.22. The second-order valence-corrected chi connectivity index (χ2v) is 6.14. The second-order valence-electron chi connectivity index (χ2n) is 6.14. The van der Waals surface area contributed by atoms with Crippen LogP contribution in [0.5, 0.6) is 0 Å². The van der Waals surface area contributed by atoms with Crippen LogP contribution in [0.1, 0.15) is 32.7 Å². The van der Waals surface area contributed by atoms with Crippen LogP contribution in [0.3, 0.4) is 0 Å². The number of nitrogens with one attached hydrogen (secondary N) is 1. The minimum absolute atomic E-state index is 0.0926. The molecule has 27 heavy (non-hydrogen) atoms. The number of ether oxygens (including phenoxy) is 1. The maximum atomic E-state index is 12.2. The van der Waals surface area contributed by atoms with Gasteiger partial charge in [-0.3, -0.25) is 24.1 Å². The highest BCUT2D eigenvalue weighted by molar-refractivity contribution is 6.21. The summed E-state index contributed by atoms with van der Waals surface area (Å²) in [5.74, 6) is -1.98. The molecule has 0 saturated carbocycles. The summed E-state index contributed by atoms with van der Waals surface area (Å²) in [5, 5.41) is 2.63. The van der Waals surface area contributed by atoms with Crippen LogP contribution >= 0.6 is 0 Å². The number of amides is 3. The Labute approximate surface area is 155 Å². The number of hydrogen-bond acceptors (Lipinski definition) is 5. The van der Waals surface area contributed by atoms with Gasteiger partial charge in [-0.05, 0) is 36.8 Å². The first-order valence-corrected chi connectivity index (χ1v) is 8.43. The SMILES string of the molecule is Cc1cccc(NC(=O)COC(=O)CCN2C(=O)c3ccccc3C2=O)c1. The summed E-state index contributed by atoms with van der Waals surface area (Å²) in [4.78, 5) is 49.1. The molecule has 0 atom stereocenters. The molecule has 2 aromatic rings. The van der Waals surface area contributed by atoms with E-state index in [-0.39, 0.29) is 13.0 Å². The van der Waals surface area contributed by atoms with Crippen LogP contribution in [0, 0.1) is 6.92 Å². The van der Waals surface area contributed by atoms with Crippen LogP contribution in [-0.2, 0) is 14.3 Å². The van der Waals surface area contributed by atoms with Crippen molar-refractivity contribution in [3.05, 3.63) is 65.2 Å². The fraction of sp³-hybridized carbons (Fsp3) is 0.200. The van der Waals surface area contributed by atoms with E-state index in [0.29, 0.717) is 16.8 Å². The van der Waals surface area contributed by atoms with Crippen molar-refractivity contribution in [3.63, 3.8) is 0 Å². The van der Waals surface area contributed by atoms with Crippen molar-refractivity contribution < 1.29 is 23.9 Å². The van der Waals surface area contributed by atoms with Gasteiger partial charge in [0.25, 0.3) is 17.7 Å². The average Bonchev–Trinajstić information content (AvgIpc) is 2.89. The van der Waals surface area contributed by atoms with E-state index in [4.69, 9.17) is 4.74 Å². The van der Waals surface area contributed by atoms with Gasteiger partial charge in [0.15, 0.2) is 6.61 Å².